The fraction of sp³-hybridized carbons (Fsp3) is 0.649. The van der Waals surface area contributed by atoms with E-state index in [0.717, 1.165) is 25.7 Å². The molecule has 1 saturated heterocycles. The molecule has 7 atom stereocenters. The van der Waals surface area contributed by atoms with Gasteiger partial charge in [0.2, 0.25) is 0 Å². The van der Waals surface area contributed by atoms with Crippen LogP contribution in [0.3, 0.4) is 0 Å². The minimum atomic E-state index is -1.20. The number of H-pyrrole nitrogens is 1. The zero-order chi connectivity index (χ0) is 30.3. The molecule has 0 amide bonds. The van der Waals surface area contributed by atoms with Crippen molar-refractivity contribution in [3.63, 3.8) is 0 Å². The summed E-state index contributed by atoms with van der Waals surface area (Å²) in [6, 6.07) is 4.85. The Morgan fingerprint density at radius 3 is 2.47 bits per heavy atom. The summed E-state index contributed by atoms with van der Waals surface area (Å²) >= 11 is 0. The first-order valence-electron chi connectivity index (χ1n) is 16.4. The third kappa shape index (κ3) is 2.94. The Bertz CT molecular complexity index is 1740. The van der Waals surface area contributed by atoms with Gasteiger partial charge in [-0.15, -0.1) is 0 Å². The zero-order valence-corrected chi connectivity index (χ0v) is 26.9. The minimum absolute atomic E-state index is 0.0857. The molecule has 7 aliphatic rings. The first-order valence-corrected chi connectivity index (χ1v) is 16.4. The van der Waals surface area contributed by atoms with E-state index in [1.54, 1.807) is 6.08 Å². The number of nitrogens with one attached hydrogen (secondary N) is 1. The van der Waals surface area contributed by atoms with Gasteiger partial charge in [0.15, 0.2) is 17.7 Å². The van der Waals surface area contributed by atoms with E-state index in [4.69, 9.17) is 14.2 Å². The molecule has 3 fully saturated rings. The summed E-state index contributed by atoms with van der Waals surface area (Å²) in [6.45, 7) is 17.3. The highest BCUT2D eigenvalue weighted by Crippen LogP contribution is 2.72. The summed E-state index contributed by atoms with van der Waals surface area (Å²) in [6.07, 6.45) is 8.34. The quantitative estimate of drug-likeness (QED) is 0.372. The Morgan fingerprint density at radius 1 is 0.930 bits per heavy atom. The number of ether oxygens (including phenoxy) is 3. The van der Waals surface area contributed by atoms with Gasteiger partial charge in [-0.2, -0.15) is 0 Å². The molecule has 2 bridgehead atoms. The smallest absolute Gasteiger partial charge is 0.195 e. The molecule has 7 unspecified atom stereocenters. The number of hydrogen-bond acceptors (Lipinski definition) is 5. The van der Waals surface area contributed by atoms with Crippen molar-refractivity contribution >= 4 is 22.3 Å². The molecular formula is C37H45NO5. The molecule has 2 saturated carbocycles. The highest BCUT2D eigenvalue weighted by atomic mass is 16.8. The van der Waals surface area contributed by atoms with Gasteiger partial charge >= 0.3 is 0 Å². The van der Waals surface area contributed by atoms with Crippen LogP contribution in [0.1, 0.15) is 103 Å². The van der Waals surface area contributed by atoms with Gasteiger partial charge < -0.3 is 24.3 Å². The van der Waals surface area contributed by atoms with Crippen molar-refractivity contribution in [1.29, 1.82) is 0 Å². The van der Waals surface area contributed by atoms with E-state index in [9.17, 15) is 9.90 Å². The lowest BCUT2D eigenvalue weighted by Gasteiger charge is -2.65. The van der Waals surface area contributed by atoms with E-state index >= 15 is 0 Å². The van der Waals surface area contributed by atoms with E-state index in [0.29, 0.717) is 30.3 Å². The minimum Gasteiger partial charge on any atom is -0.385 e. The molecule has 4 aliphatic carbocycles. The van der Waals surface area contributed by atoms with Crippen LogP contribution in [0.25, 0.3) is 16.5 Å². The summed E-state index contributed by atoms with van der Waals surface area (Å²) in [5, 5.41) is 14.2. The topological polar surface area (TPSA) is 80.8 Å². The summed E-state index contributed by atoms with van der Waals surface area (Å²) in [4.78, 5) is 17.3. The van der Waals surface area contributed by atoms with E-state index < -0.39 is 28.5 Å². The molecule has 228 valence electrons. The predicted molar refractivity (Wildman–Crippen MR) is 165 cm³/mol. The van der Waals surface area contributed by atoms with Crippen LogP contribution in [0.15, 0.2) is 29.9 Å². The maximum Gasteiger partial charge on any atom is 0.195 e. The van der Waals surface area contributed by atoms with Crippen LogP contribution in [0.5, 0.6) is 0 Å². The number of benzene rings is 1. The van der Waals surface area contributed by atoms with Crippen LogP contribution < -0.4 is 0 Å². The second-order valence-electron chi connectivity index (χ2n) is 16.9. The third-order valence-corrected chi connectivity index (χ3v) is 13.5. The fourth-order valence-corrected chi connectivity index (χ4v) is 11.4. The highest BCUT2D eigenvalue weighted by molar-refractivity contribution is 5.97. The zero-order valence-electron chi connectivity index (χ0n) is 26.9. The number of hydrogen-bond donors (Lipinski definition) is 2. The first-order chi connectivity index (χ1) is 19.9. The van der Waals surface area contributed by atoms with Gasteiger partial charge in [0, 0.05) is 45.3 Å². The van der Waals surface area contributed by atoms with Gasteiger partial charge in [0.1, 0.15) is 5.60 Å². The summed E-state index contributed by atoms with van der Waals surface area (Å²) < 4.78 is 19.5. The lowest BCUT2D eigenvalue weighted by Crippen LogP contribution is -2.69. The van der Waals surface area contributed by atoms with Crippen molar-refractivity contribution in [3.05, 3.63) is 52.2 Å². The number of carbonyl (C=O) groups excluding carboxylic acids is 1. The van der Waals surface area contributed by atoms with Crippen LogP contribution in [-0.2, 0) is 37.3 Å². The van der Waals surface area contributed by atoms with Gasteiger partial charge in [0.05, 0.1) is 16.8 Å². The lowest BCUT2D eigenvalue weighted by atomic mass is 9.42. The molecule has 2 N–H and O–H groups in total. The standard InChI is InChI=1S/C37H45NO5/c1-31(2)18-24-21-16-26-22(13-19(21)14-25(24)32(3,4)42-31)23-15-20-9-10-36(40)28-17-27(39)30-33(5,6)43-37(28,41-30)12-11-34(36,7)35(20,8)29(23)38-26/h13,16-18,20,25,30,38,40H,9-12,14-15H2,1-8H3. The fourth-order valence-electron chi connectivity index (χ4n) is 11.4. The van der Waals surface area contributed by atoms with Gasteiger partial charge in [-0.05, 0) is 126 Å². The molecule has 9 rings (SSSR count). The maximum absolute atomic E-state index is 13.3. The maximum atomic E-state index is 13.3. The Hall–Kier alpha value is -2.25. The summed E-state index contributed by atoms with van der Waals surface area (Å²) in [5.74, 6) is -0.330. The largest absolute Gasteiger partial charge is 0.385 e. The summed E-state index contributed by atoms with van der Waals surface area (Å²) in [7, 11) is 0. The van der Waals surface area contributed by atoms with E-state index in [1.165, 1.54) is 38.9 Å². The molecule has 1 spiro atoms. The Labute approximate surface area is 254 Å². The number of aliphatic hydroxyl groups is 1. The average molecular weight is 584 g/mol. The summed E-state index contributed by atoms with van der Waals surface area (Å²) in [5.41, 5.74) is 5.50. The van der Waals surface area contributed by atoms with Crippen LogP contribution in [0, 0.1) is 17.3 Å². The van der Waals surface area contributed by atoms with Crippen molar-refractivity contribution < 1.29 is 24.1 Å². The molecule has 43 heavy (non-hydrogen) atoms. The van der Waals surface area contributed by atoms with Gasteiger partial charge in [-0.3, -0.25) is 4.79 Å². The molecule has 1 aromatic carbocycles. The molecule has 6 nitrogen and oxygen atoms in total. The number of carbonyl (C=O) groups is 1. The second-order valence-corrected chi connectivity index (χ2v) is 16.9. The van der Waals surface area contributed by atoms with Crippen molar-refractivity contribution in [1.82, 2.24) is 4.98 Å². The first kappa shape index (κ1) is 27.1. The van der Waals surface area contributed by atoms with Gasteiger partial charge in [-0.25, -0.2) is 0 Å². The second kappa shape index (κ2) is 7.41. The van der Waals surface area contributed by atoms with E-state index in [-0.39, 0.29) is 22.4 Å². The number of fused-ring (bicyclic) bond motifs is 12. The number of ketones is 1. The normalized spacial score (nSPS) is 44.1. The Kier molecular flexibility index (Phi) is 4.67. The van der Waals surface area contributed by atoms with Crippen LogP contribution in [0.2, 0.25) is 0 Å². The van der Waals surface area contributed by atoms with Crippen LogP contribution >= 0.6 is 0 Å². The van der Waals surface area contributed by atoms with Crippen LogP contribution in [0.4, 0.5) is 0 Å². The molecule has 1 aromatic heterocycles. The van der Waals surface area contributed by atoms with E-state index in [1.807, 2.05) is 13.8 Å². The Balaban J connectivity index is 1.18. The number of rotatable bonds is 0. The number of aromatic nitrogens is 1. The monoisotopic (exact) mass is 583 g/mol. The van der Waals surface area contributed by atoms with Crippen LogP contribution in [-0.4, -0.2) is 50.2 Å². The third-order valence-electron chi connectivity index (χ3n) is 13.5. The van der Waals surface area contributed by atoms with Crippen molar-refractivity contribution in [3.8, 4) is 0 Å². The Morgan fingerprint density at radius 2 is 1.70 bits per heavy atom. The van der Waals surface area contributed by atoms with E-state index in [2.05, 4.69) is 64.7 Å². The molecular weight excluding hydrogens is 538 g/mol. The van der Waals surface area contributed by atoms with Gasteiger partial charge in [0.25, 0.3) is 0 Å². The van der Waals surface area contributed by atoms with Gasteiger partial charge in [-0.1, -0.05) is 13.8 Å². The highest BCUT2D eigenvalue weighted by Gasteiger charge is 2.75. The molecule has 4 heterocycles. The molecule has 2 aromatic rings. The molecule has 6 heteroatoms. The molecule has 0 radical (unpaired) electrons. The molecule has 3 aliphatic heterocycles. The van der Waals surface area contributed by atoms with Crippen molar-refractivity contribution in [2.75, 3.05) is 0 Å². The van der Waals surface area contributed by atoms with Crippen molar-refractivity contribution in [2.45, 2.75) is 134 Å². The average Bonchev–Trinajstić information content (AvgIpc) is 3.58. The predicted octanol–water partition coefficient (Wildman–Crippen LogP) is 6.47. The lowest BCUT2D eigenvalue weighted by molar-refractivity contribution is -0.247. The van der Waals surface area contributed by atoms with Crippen molar-refractivity contribution in [2.24, 2.45) is 17.3 Å². The number of aromatic amines is 1. The SMILES string of the molecule is CC1(C)C=C2c3cc4[nH]c5c(c4cc3CC2C(C)(C)O1)CC1CCC2(O)C3=CC(=O)C4OC3(CCC2(C)C51C)OC4(C)C.